The minimum atomic E-state index is -0.212. The Hall–Kier alpha value is -1.75. The van der Waals surface area contributed by atoms with Gasteiger partial charge in [0.15, 0.2) is 0 Å². The van der Waals surface area contributed by atoms with Crippen LogP contribution in [-0.4, -0.2) is 21.3 Å². The second-order valence-corrected chi connectivity index (χ2v) is 4.15. The summed E-state index contributed by atoms with van der Waals surface area (Å²) in [4.78, 5) is 4.20. The van der Waals surface area contributed by atoms with Gasteiger partial charge in [-0.05, 0) is 25.1 Å². The van der Waals surface area contributed by atoms with Crippen molar-refractivity contribution in [1.29, 1.82) is 0 Å². The van der Waals surface area contributed by atoms with Gasteiger partial charge >= 0.3 is 0 Å². The van der Waals surface area contributed by atoms with Crippen LogP contribution in [0.5, 0.6) is 0 Å². The van der Waals surface area contributed by atoms with Gasteiger partial charge in [0.25, 0.3) is 0 Å². The van der Waals surface area contributed by atoms with Crippen molar-refractivity contribution >= 4 is 0 Å². The first-order valence-electron chi connectivity index (χ1n) is 6.07. The lowest BCUT2D eigenvalue weighted by Gasteiger charge is -2.15. The zero-order valence-corrected chi connectivity index (χ0v) is 10.4. The lowest BCUT2D eigenvalue weighted by molar-refractivity contribution is 0.546. The van der Waals surface area contributed by atoms with Crippen LogP contribution in [0.3, 0.4) is 0 Å². The van der Waals surface area contributed by atoms with Crippen LogP contribution in [0.4, 0.5) is 4.39 Å². The highest BCUT2D eigenvalue weighted by Gasteiger charge is 2.17. The molecule has 0 saturated carbocycles. The molecule has 5 heteroatoms. The van der Waals surface area contributed by atoms with Crippen LogP contribution in [-0.2, 0) is 13.0 Å². The highest BCUT2D eigenvalue weighted by molar-refractivity contribution is 5.23. The van der Waals surface area contributed by atoms with E-state index >= 15 is 0 Å². The normalized spacial score (nSPS) is 12.6. The van der Waals surface area contributed by atoms with Gasteiger partial charge in [-0.1, -0.05) is 18.2 Å². The first-order chi connectivity index (χ1) is 8.76. The van der Waals surface area contributed by atoms with Crippen LogP contribution in [0, 0.1) is 5.82 Å². The lowest BCUT2D eigenvalue weighted by atomic mass is 9.95. The maximum atomic E-state index is 13.7. The average Bonchev–Trinajstić information content (AvgIpc) is 2.84. The Kier molecular flexibility index (Phi) is 4.04. The van der Waals surface area contributed by atoms with E-state index in [2.05, 4.69) is 10.1 Å². The highest BCUT2D eigenvalue weighted by atomic mass is 19.1. The molecule has 0 radical (unpaired) electrons. The molecule has 18 heavy (non-hydrogen) atoms. The van der Waals surface area contributed by atoms with Crippen LogP contribution < -0.4 is 5.73 Å². The second kappa shape index (κ2) is 5.73. The quantitative estimate of drug-likeness (QED) is 0.876. The van der Waals surface area contributed by atoms with E-state index in [1.165, 1.54) is 12.4 Å². The molecule has 1 aromatic heterocycles. The summed E-state index contributed by atoms with van der Waals surface area (Å²) in [6, 6.07) is 6.74. The van der Waals surface area contributed by atoms with Crippen molar-refractivity contribution in [1.82, 2.24) is 14.8 Å². The van der Waals surface area contributed by atoms with E-state index in [4.69, 9.17) is 5.73 Å². The van der Waals surface area contributed by atoms with Crippen LogP contribution in [0.2, 0.25) is 0 Å². The minimum absolute atomic E-state index is 0.0688. The number of benzene rings is 1. The van der Waals surface area contributed by atoms with Gasteiger partial charge in [0.1, 0.15) is 18.0 Å². The molecule has 96 valence electrons. The largest absolute Gasteiger partial charge is 0.330 e. The molecule has 2 aromatic rings. The van der Waals surface area contributed by atoms with Gasteiger partial charge in [-0.2, -0.15) is 5.10 Å². The summed E-state index contributed by atoms with van der Waals surface area (Å²) >= 11 is 0. The summed E-state index contributed by atoms with van der Waals surface area (Å²) in [5, 5.41) is 4.11. The van der Waals surface area contributed by atoms with E-state index in [0.29, 0.717) is 18.5 Å². The van der Waals surface area contributed by atoms with E-state index in [9.17, 15) is 4.39 Å². The van der Waals surface area contributed by atoms with Gasteiger partial charge in [0.05, 0.1) is 0 Å². The van der Waals surface area contributed by atoms with E-state index < -0.39 is 0 Å². The number of nitrogens with two attached hydrogens (primary N) is 1. The zero-order valence-electron chi connectivity index (χ0n) is 10.4. The summed E-state index contributed by atoms with van der Waals surface area (Å²) in [7, 11) is 0. The fraction of sp³-hybridized carbons (Fsp3) is 0.385. The summed E-state index contributed by atoms with van der Waals surface area (Å²) < 4.78 is 15.5. The Morgan fingerprint density at radius 3 is 2.83 bits per heavy atom. The molecule has 2 rings (SSSR count). The molecule has 1 aromatic carbocycles. The van der Waals surface area contributed by atoms with E-state index in [-0.39, 0.29) is 11.7 Å². The molecule has 1 heterocycles. The molecule has 0 amide bonds. The molecule has 0 fully saturated rings. The molecule has 0 spiro atoms. The number of halogens is 1. The van der Waals surface area contributed by atoms with Gasteiger partial charge in [-0.3, -0.25) is 4.68 Å². The molecule has 4 nitrogen and oxygen atoms in total. The zero-order chi connectivity index (χ0) is 13.0. The van der Waals surface area contributed by atoms with Crippen molar-refractivity contribution < 1.29 is 4.39 Å². The lowest BCUT2D eigenvalue weighted by Crippen LogP contribution is -2.18. The van der Waals surface area contributed by atoms with Crippen molar-refractivity contribution in [2.45, 2.75) is 25.8 Å². The Labute approximate surface area is 106 Å². The Balaban J connectivity index is 2.23. The fourth-order valence-electron chi connectivity index (χ4n) is 2.06. The predicted octanol–water partition coefficient (Wildman–Crippen LogP) is 1.72. The molecular weight excluding hydrogens is 231 g/mol. The Morgan fingerprint density at radius 2 is 2.17 bits per heavy atom. The Bertz CT molecular complexity index is 509. The maximum Gasteiger partial charge on any atom is 0.138 e. The fourth-order valence-corrected chi connectivity index (χ4v) is 2.06. The van der Waals surface area contributed by atoms with E-state index in [1.54, 1.807) is 12.1 Å². The van der Waals surface area contributed by atoms with Crippen LogP contribution in [0.25, 0.3) is 0 Å². The second-order valence-electron chi connectivity index (χ2n) is 4.15. The van der Waals surface area contributed by atoms with Crippen molar-refractivity contribution in [2.24, 2.45) is 5.73 Å². The molecule has 2 N–H and O–H groups in total. The van der Waals surface area contributed by atoms with Gasteiger partial charge in [-0.25, -0.2) is 9.37 Å². The highest BCUT2D eigenvalue weighted by Crippen LogP contribution is 2.21. The van der Waals surface area contributed by atoms with Gasteiger partial charge < -0.3 is 5.73 Å². The maximum absolute atomic E-state index is 13.7. The molecular formula is C13H17FN4. The van der Waals surface area contributed by atoms with Crippen molar-refractivity contribution in [3.63, 3.8) is 0 Å². The molecule has 0 saturated heterocycles. The smallest absolute Gasteiger partial charge is 0.138 e. The first kappa shape index (κ1) is 12.7. The molecule has 0 aliphatic rings. The van der Waals surface area contributed by atoms with Crippen molar-refractivity contribution in [3.8, 4) is 0 Å². The van der Waals surface area contributed by atoms with Gasteiger partial charge in [0.2, 0.25) is 0 Å². The third-order valence-corrected chi connectivity index (χ3v) is 3.05. The molecule has 0 bridgehead atoms. The molecule has 1 atom stereocenters. The molecule has 0 aliphatic heterocycles. The van der Waals surface area contributed by atoms with Crippen molar-refractivity contribution in [2.75, 3.05) is 6.54 Å². The topological polar surface area (TPSA) is 56.7 Å². The van der Waals surface area contributed by atoms with Crippen LogP contribution in [0.15, 0.2) is 30.6 Å². The summed E-state index contributed by atoms with van der Waals surface area (Å²) in [5.74, 6) is 0.562. The number of aromatic nitrogens is 3. The minimum Gasteiger partial charge on any atom is -0.330 e. The number of hydrogen-bond acceptors (Lipinski definition) is 3. The summed E-state index contributed by atoms with van der Waals surface area (Å²) in [6.45, 7) is 3.14. The van der Waals surface area contributed by atoms with E-state index in [0.717, 1.165) is 12.4 Å². The van der Waals surface area contributed by atoms with Gasteiger partial charge in [-0.15, -0.1) is 0 Å². The summed E-state index contributed by atoms with van der Waals surface area (Å²) in [5.41, 5.74) is 6.40. The molecule has 0 aliphatic carbocycles. The van der Waals surface area contributed by atoms with E-state index in [1.807, 2.05) is 17.7 Å². The number of aryl methyl sites for hydroxylation is 1. The monoisotopic (exact) mass is 248 g/mol. The Morgan fingerprint density at radius 1 is 1.39 bits per heavy atom. The third kappa shape index (κ3) is 2.56. The van der Waals surface area contributed by atoms with Gasteiger partial charge in [0, 0.05) is 18.9 Å². The number of rotatable bonds is 5. The third-order valence-electron chi connectivity index (χ3n) is 3.05. The van der Waals surface area contributed by atoms with Crippen LogP contribution >= 0.6 is 0 Å². The number of nitrogens with zero attached hydrogens (tertiary/aromatic N) is 3. The number of hydrogen-bond donors (Lipinski definition) is 1. The average molecular weight is 248 g/mol. The van der Waals surface area contributed by atoms with Crippen LogP contribution in [0.1, 0.15) is 24.2 Å². The first-order valence-corrected chi connectivity index (χ1v) is 6.07. The summed E-state index contributed by atoms with van der Waals surface area (Å²) in [6.07, 6.45) is 2.12. The predicted molar refractivity (Wildman–Crippen MR) is 67.6 cm³/mol. The van der Waals surface area contributed by atoms with Crippen molar-refractivity contribution in [3.05, 3.63) is 47.8 Å². The SMILES string of the molecule is CCn1ncnc1CC(CN)c1ccccc1F. The molecule has 1 unspecified atom stereocenters. The standard InChI is InChI=1S/C13H17FN4/c1-2-18-13(16-9-17-18)7-10(8-15)11-5-3-4-6-12(11)14/h3-6,9-10H,2,7-8,15H2,1H3.